The highest BCUT2D eigenvalue weighted by molar-refractivity contribution is 5.90. The highest BCUT2D eigenvalue weighted by atomic mass is 19.1. The molecule has 0 aliphatic carbocycles. The molecule has 4 nitrogen and oxygen atoms in total. The molecule has 1 amide bonds. The van der Waals surface area contributed by atoms with Crippen molar-refractivity contribution in [1.29, 1.82) is 0 Å². The minimum atomic E-state index is -0.424. The van der Waals surface area contributed by atoms with Gasteiger partial charge in [0.25, 0.3) is 0 Å². The Labute approximate surface area is 115 Å². The minimum absolute atomic E-state index is 0.126. The maximum Gasteiger partial charge on any atom is 0.414 e. The van der Waals surface area contributed by atoms with Gasteiger partial charge in [0, 0.05) is 11.1 Å². The summed E-state index contributed by atoms with van der Waals surface area (Å²) in [5.74, 6) is -0.392. The molecule has 2 aromatic rings. The first kappa shape index (κ1) is 12.7. The Bertz CT molecular complexity index is 624. The number of anilines is 1. The maximum absolute atomic E-state index is 14.2. The van der Waals surface area contributed by atoms with E-state index in [1.54, 1.807) is 18.2 Å². The van der Waals surface area contributed by atoms with Crippen LogP contribution in [0.5, 0.6) is 0 Å². The molecule has 0 unspecified atom stereocenters. The van der Waals surface area contributed by atoms with Gasteiger partial charge in [0.2, 0.25) is 0 Å². The number of cyclic esters (lactones) is 1. The van der Waals surface area contributed by atoms with Crippen molar-refractivity contribution in [1.82, 2.24) is 0 Å². The highest BCUT2D eigenvalue weighted by Crippen LogP contribution is 2.29. The van der Waals surface area contributed by atoms with Gasteiger partial charge in [0.1, 0.15) is 11.9 Å². The fraction of sp³-hybridized carbons (Fsp3) is 0.267. The zero-order valence-electron chi connectivity index (χ0n) is 11.0. The number of carbonyl (C=O) groups excluding carboxylic acids is 1. The van der Waals surface area contributed by atoms with E-state index in [1.807, 2.05) is 6.92 Å². The molecule has 1 aromatic carbocycles. The molecule has 0 spiro atoms. The van der Waals surface area contributed by atoms with Crippen molar-refractivity contribution < 1.29 is 18.3 Å². The summed E-state index contributed by atoms with van der Waals surface area (Å²) in [6.07, 6.45) is 3.17. The van der Waals surface area contributed by atoms with E-state index in [1.165, 1.54) is 23.5 Å². The van der Waals surface area contributed by atoms with Crippen molar-refractivity contribution in [3.8, 4) is 11.1 Å². The van der Waals surface area contributed by atoms with Crippen LogP contribution in [0, 0.1) is 5.82 Å². The van der Waals surface area contributed by atoms with Gasteiger partial charge < -0.3 is 9.15 Å². The Kier molecular flexibility index (Phi) is 3.18. The Morgan fingerprint density at radius 2 is 2.25 bits per heavy atom. The molecule has 3 rings (SSSR count). The van der Waals surface area contributed by atoms with Crippen LogP contribution >= 0.6 is 0 Å². The number of hydrogen-bond donors (Lipinski definition) is 0. The van der Waals surface area contributed by atoms with Gasteiger partial charge in [-0.25, -0.2) is 9.18 Å². The normalized spacial score (nSPS) is 18.4. The van der Waals surface area contributed by atoms with Crippen molar-refractivity contribution in [2.45, 2.75) is 19.4 Å². The van der Waals surface area contributed by atoms with Gasteiger partial charge in [0.05, 0.1) is 24.8 Å². The number of carbonyl (C=O) groups is 1. The SMILES string of the molecule is CC[C@H]1CN(c2ccc(-c3ccoc3)c(F)c2)C(=O)O1. The van der Waals surface area contributed by atoms with Crippen LogP contribution in [0.1, 0.15) is 13.3 Å². The number of benzene rings is 1. The Hall–Kier alpha value is -2.30. The first-order valence-corrected chi connectivity index (χ1v) is 6.49. The van der Waals surface area contributed by atoms with E-state index in [0.29, 0.717) is 23.4 Å². The number of hydrogen-bond acceptors (Lipinski definition) is 3. The first-order chi connectivity index (χ1) is 9.69. The molecule has 5 heteroatoms. The minimum Gasteiger partial charge on any atom is -0.472 e. The molecule has 0 saturated carbocycles. The molecule has 0 radical (unpaired) electrons. The van der Waals surface area contributed by atoms with Gasteiger partial charge in [-0.15, -0.1) is 0 Å². The van der Waals surface area contributed by atoms with Gasteiger partial charge in [-0.1, -0.05) is 6.92 Å². The second kappa shape index (κ2) is 5.00. The Balaban J connectivity index is 1.89. The zero-order valence-corrected chi connectivity index (χ0v) is 11.0. The van der Waals surface area contributed by atoms with Crippen molar-refractivity contribution >= 4 is 11.8 Å². The molecule has 20 heavy (non-hydrogen) atoms. The van der Waals surface area contributed by atoms with Crippen molar-refractivity contribution in [2.24, 2.45) is 0 Å². The van der Waals surface area contributed by atoms with Crippen LogP contribution in [0.4, 0.5) is 14.9 Å². The second-order valence-corrected chi connectivity index (χ2v) is 4.70. The lowest BCUT2D eigenvalue weighted by Crippen LogP contribution is -2.24. The van der Waals surface area contributed by atoms with Crippen LogP contribution in [-0.4, -0.2) is 18.7 Å². The molecular formula is C15H14FNO3. The summed E-state index contributed by atoms with van der Waals surface area (Å²) in [7, 11) is 0. The lowest BCUT2D eigenvalue weighted by atomic mass is 10.1. The van der Waals surface area contributed by atoms with E-state index in [4.69, 9.17) is 9.15 Å². The molecule has 0 bridgehead atoms. The third-order valence-electron chi connectivity index (χ3n) is 3.43. The Morgan fingerprint density at radius 3 is 2.85 bits per heavy atom. The van der Waals surface area contributed by atoms with Crippen LogP contribution < -0.4 is 4.90 Å². The molecule has 1 aromatic heterocycles. The Morgan fingerprint density at radius 1 is 1.40 bits per heavy atom. The molecule has 2 heterocycles. The molecule has 1 atom stereocenters. The van der Waals surface area contributed by atoms with Gasteiger partial charge in [-0.05, 0) is 30.7 Å². The number of halogens is 1. The second-order valence-electron chi connectivity index (χ2n) is 4.70. The third kappa shape index (κ3) is 2.15. The number of ether oxygens (including phenoxy) is 1. The lowest BCUT2D eigenvalue weighted by molar-refractivity contribution is 0.139. The van der Waals surface area contributed by atoms with Gasteiger partial charge in [-0.2, -0.15) is 0 Å². The number of rotatable bonds is 3. The van der Waals surface area contributed by atoms with Crippen LogP contribution in [0.2, 0.25) is 0 Å². The zero-order chi connectivity index (χ0) is 14.1. The molecule has 1 aliphatic heterocycles. The molecule has 104 valence electrons. The van der Waals surface area contributed by atoms with Crippen molar-refractivity contribution in [3.63, 3.8) is 0 Å². The topological polar surface area (TPSA) is 42.7 Å². The summed E-state index contributed by atoms with van der Waals surface area (Å²) >= 11 is 0. The fourth-order valence-electron chi connectivity index (χ4n) is 2.27. The largest absolute Gasteiger partial charge is 0.472 e. The van der Waals surface area contributed by atoms with Crippen LogP contribution in [0.25, 0.3) is 11.1 Å². The quantitative estimate of drug-likeness (QED) is 0.855. The summed E-state index contributed by atoms with van der Waals surface area (Å²) in [5, 5.41) is 0. The van der Waals surface area contributed by atoms with E-state index < -0.39 is 11.9 Å². The van der Waals surface area contributed by atoms with E-state index in [2.05, 4.69) is 0 Å². The standard InChI is InChI=1S/C15H14FNO3/c1-2-12-8-17(15(18)20-12)11-3-4-13(14(16)7-11)10-5-6-19-9-10/h3-7,9,12H,2,8H2,1H3/t12-/m0/s1. The van der Waals surface area contributed by atoms with E-state index >= 15 is 0 Å². The van der Waals surface area contributed by atoms with Crippen LogP contribution in [0.15, 0.2) is 41.2 Å². The number of amides is 1. The van der Waals surface area contributed by atoms with E-state index in [-0.39, 0.29) is 6.10 Å². The predicted octanol–water partition coefficient (Wildman–Crippen LogP) is 3.82. The van der Waals surface area contributed by atoms with E-state index in [9.17, 15) is 9.18 Å². The monoisotopic (exact) mass is 275 g/mol. The van der Waals surface area contributed by atoms with E-state index in [0.717, 1.165) is 6.42 Å². The molecule has 1 fully saturated rings. The third-order valence-corrected chi connectivity index (χ3v) is 3.43. The lowest BCUT2D eigenvalue weighted by Gasteiger charge is -2.13. The summed E-state index contributed by atoms with van der Waals surface area (Å²) in [4.78, 5) is 13.2. The smallest absolute Gasteiger partial charge is 0.414 e. The summed E-state index contributed by atoms with van der Waals surface area (Å²) in [6.45, 7) is 2.41. The van der Waals surface area contributed by atoms with Gasteiger partial charge in [0.15, 0.2) is 0 Å². The average Bonchev–Trinajstić information content (AvgIpc) is 3.07. The molecule has 1 aliphatic rings. The first-order valence-electron chi connectivity index (χ1n) is 6.49. The average molecular weight is 275 g/mol. The van der Waals surface area contributed by atoms with Gasteiger partial charge in [-0.3, -0.25) is 4.90 Å². The number of nitrogens with zero attached hydrogens (tertiary/aromatic N) is 1. The van der Waals surface area contributed by atoms with Gasteiger partial charge >= 0.3 is 6.09 Å². The molecule has 0 N–H and O–H groups in total. The highest BCUT2D eigenvalue weighted by Gasteiger charge is 2.31. The van der Waals surface area contributed by atoms with Crippen molar-refractivity contribution in [3.05, 3.63) is 42.6 Å². The fourth-order valence-corrected chi connectivity index (χ4v) is 2.27. The van der Waals surface area contributed by atoms with Crippen LogP contribution in [-0.2, 0) is 4.74 Å². The predicted molar refractivity (Wildman–Crippen MR) is 72.0 cm³/mol. The van der Waals surface area contributed by atoms with Crippen molar-refractivity contribution in [2.75, 3.05) is 11.4 Å². The summed E-state index contributed by atoms with van der Waals surface area (Å²) in [5.41, 5.74) is 1.63. The molecule has 1 saturated heterocycles. The summed E-state index contributed by atoms with van der Waals surface area (Å²) < 4.78 is 24.3. The number of furan rings is 1. The molecular weight excluding hydrogens is 261 g/mol. The van der Waals surface area contributed by atoms with Crippen LogP contribution in [0.3, 0.4) is 0 Å². The summed E-state index contributed by atoms with van der Waals surface area (Å²) in [6, 6.07) is 6.39. The maximum atomic E-state index is 14.2.